The van der Waals surface area contributed by atoms with Crippen molar-refractivity contribution in [2.24, 2.45) is 5.92 Å². The highest BCUT2D eigenvalue weighted by atomic mass is 16.5. The molecule has 1 aliphatic rings. The number of oxazole rings is 1. The summed E-state index contributed by atoms with van der Waals surface area (Å²) in [5.41, 5.74) is 0. The molecule has 1 saturated carbocycles. The van der Waals surface area contributed by atoms with Crippen LogP contribution in [0.15, 0.2) is 10.6 Å². The van der Waals surface area contributed by atoms with Crippen LogP contribution in [0.1, 0.15) is 43.8 Å². The van der Waals surface area contributed by atoms with Gasteiger partial charge >= 0.3 is 0 Å². The van der Waals surface area contributed by atoms with Crippen LogP contribution < -0.4 is 5.32 Å². The van der Waals surface area contributed by atoms with Crippen molar-refractivity contribution in [3.05, 3.63) is 17.8 Å². The Balaban J connectivity index is 1.75. The number of nitrogens with zero attached hydrogens (tertiary/aromatic N) is 1. The maximum absolute atomic E-state index is 5.86. The summed E-state index contributed by atoms with van der Waals surface area (Å²) in [5.74, 6) is 3.28. The molecule has 2 rings (SSSR count). The van der Waals surface area contributed by atoms with Crippen molar-refractivity contribution in [2.45, 2.75) is 38.5 Å². The van der Waals surface area contributed by atoms with Crippen molar-refractivity contribution in [3.63, 3.8) is 0 Å². The van der Waals surface area contributed by atoms with E-state index in [4.69, 9.17) is 9.15 Å². The summed E-state index contributed by atoms with van der Waals surface area (Å²) in [6.07, 6.45) is 6.67. The zero-order valence-corrected chi connectivity index (χ0v) is 11.4. The largest absolute Gasteiger partial charge is 0.445 e. The monoisotopic (exact) mass is 252 g/mol. The van der Waals surface area contributed by atoms with Crippen LogP contribution in [-0.4, -0.2) is 31.8 Å². The van der Waals surface area contributed by atoms with E-state index in [1.165, 1.54) is 19.3 Å². The lowest BCUT2D eigenvalue weighted by Gasteiger charge is -2.10. The Morgan fingerprint density at radius 3 is 3.06 bits per heavy atom. The van der Waals surface area contributed by atoms with Gasteiger partial charge < -0.3 is 14.5 Å². The molecular formula is C14H24N2O2. The summed E-state index contributed by atoms with van der Waals surface area (Å²) < 4.78 is 10.8. The third-order valence-electron chi connectivity index (χ3n) is 3.80. The highest BCUT2D eigenvalue weighted by Gasteiger charge is 2.27. The number of hydrogen-bond acceptors (Lipinski definition) is 4. The second kappa shape index (κ2) is 6.90. The lowest BCUT2D eigenvalue weighted by molar-refractivity contribution is 0.199. The van der Waals surface area contributed by atoms with Crippen LogP contribution in [0.3, 0.4) is 0 Å². The van der Waals surface area contributed by atoms with E-state index in [-0.39, 0.29) is 0 Å². The van der Waals surface area contributed by atoms with Crippen molar-refractivity contribution in [1.82, 2.24) is 10.3 Å². The van der Waals surface area contributed by atoms with Crippen LogP contribution in [0.25, 0.3) is 0 Å². The van der Waals surface area contributed by atoms with Crippen LogP contribution in [-0.2, 0) is 11.2 Å². The molecule has 0 bridgehead atoms. The van der Waals surface area contributed by atoms with E-state index in [1.807, 2.05) is 6.20 Å². The standard InChI is InChI=1S/C14H24N2O2/c1-11-4-3-5-12(11)13-10-16-14(18-13)6-7-15-8-9-17-2/h10-12,15H,3-9H2,1-2H3. The molecule has 18 heavy (non-hydrogen) atoms. The van der Waals surface area contributed by atoms with Crippen LogP contribution in [0.4, 0.5) is 0 Å². The smallest absolute Gasteiger partial charge is 0.195 e. The molecule has 0 saturated heterocycles. The summed E-state index contributed by atoms with van der Waals surface area (Å²) in [5, 5.41) is 3.30. The van der Waals surface area contributed by atoms with Gasteiger partial charge in [-0.3, -0.25) is 0 Å². The second-order valence-electron chi connectivity index (χ2n) is 5.16. The average molecular weight is 252 g/mol. The van der Waals surface area contributed by atoms with Crippen molar-refractivity contribution in [2.75, 3.05) is 26.8 Å². The summed E-state index contributed by atoms with van der Waals surface area (Å²) in [4.78, 5) is 4.38. The fourth-order valence-electron chi connectivity index (χ4n) is 2.67. The van der Waals surface area contributed by atoms with Gasteiger partial charge in [0.2, 0.25) is 0 Å². The van der Waals surface area contributed by atoms with Crippen LogP contribution in [0.2, 0.25) is 0 Å². The van der Waals surface area contributed by atoms with Gasteiger partial charge in [0, 0.05) is 32.5 Å². The van der Waals surface area contributed by atoms with Gasteiger partial charge in [0.25, 0.3) is 0 Å². The van der Waals surface area contributed by atoms with E-state index in [1.54, 1.807) is 7.11 Å². The Morgan fingerprint density at radius 1 is 1.44 bits per heavy atom. The van der Waals surface area contributed by atoms with Crippen molar-refractivity contribution in [3.8, 4) is 0 Å². The van der Waals surface area contributed by atoms with E-state index >= 15 is 0 Å². The first-order chi connectivity index (χ1) is 8.81. The van der Waals surface area contributed by atoms with E-state index in [0.29, 0.717) is 5.92 Å². The Bertz CT molecular complexity index is 351. The summed E-state index contributed by atoms with van der Waals surface area (Å²) in [6, 6.07) is 0. The third kappa shape index (κ3) is 3.56. The lowest BCUT2D eigenvalue weighted by Crippen LogP contribution is -2.21. The van der Waals surface area contributed by atoms with Gasteiger partial charge in [0.05, 0.1) is 12.8 Å². The van der Waals surface area contributed by atoms with Gasteiger partial charge in [-0.1, -0.05) is 13.3 Å². The molecule has 1 aromatic heterocycles. The Labute approximate surface area is 109 Å². The van der Waals surface area contributed by atoms with Crippen molar-refractivity contribution >= 4 is 0 Å². The predicted octanol–water partition coefficient (Wildman–Crippen LogP) is 2.36. The number of nitrogens with one attached hydrogen (secondary N) is 1. The van der Waals surface area contributed by atoms with Crippen molar-refractivity contribution in [1.29, 1.82) is 0 Å². The summed E-state index contributed by atoms with van der Waals surface area (Å²) in [6.45, 7) is 4.83. The molecule has 0 aliphatic heterocycles. The van der Waals surface area contributed by atoms with Gasteiger partial charge in [0.1, 0.15) is 5.76 Å². The molecule has 4 nitrogen and oxygen atoms in total. The Hall–Kier alpha value is -0.870. The van der Waals surface area contributed by atoms with Gasteiger partial charge in [-0.2, -0.15) is 0 Å². The topological polar surface area (TPSA) is 47.3 Å². The van der Waals surface area contributed by atoms with Crippen LogP contribution in [0, 0.1) is 5.92 Å². The maximum Gasteiger partial charge on any atom is 0.195 e. The first kappa shape index (κ1) is 13.6. The summed E-state index contributed by atoms with van der Waals surface area (Å²) >= 11 is 0. The fraction of sp³-hybridized carbons (Fsp3) is 0.786. The molecule has 2 atom stereocenters. The molecule has 1 aliphatic carbocycles. The molecule has 0 radical (unpaired) electrons. The highest BCUT2D eigenvalue weighted by Crippen LogP contribution is 2.39. The molecule has 2 unspecified atom stereocenters. The van der Waals surface area contributed by atoms with Crippen LogP contribution in [0.5, 0.6) is 0 Å². The molecule has 0 spiro atoms. The first-order valence-electron chi connectivity index (χ1n) is 6.95. The fourth-order valence-corrected chi connectivity index (χ4v) is 2.67. The lowest BCUT2D eigenvalue weighted by atomic mass is 9.96. The third-order valence-corrected chi connectivity index (χ3v) is 3.80. The molecule has 0 aromatic carbocycles. The quantitative estimate of drug-likeness (QED) is 0.757. The molecular weight excluding hydrogens is 228 g/mol. The predicted molar refractivity (Wildman–Crippen MR) is 70.7 cm³/mol. The zero-order chi connectivity index (χ0) is 12.8. The van der Waals surface area contributed by atoms with E-state index in [0.717, 1.165) is 43.7 Å². The molecule has 1 aromatic rings. The molecule has 1 fully saturated rings. The van der Waals surface area contributed by atoms with Gasteiger partial charge in [0.15, 0.2) is 5.89 Å². The SMILES string of the molecule is COCCNCCc1ncc(C2CCCC2C)o1. The van der Waals surface area contributed by atoms with Gasteiger partial charge in [-0.05, 0) is 18.8 Å². The second-order valence-corrected chi connectivity index (χ2v) is 5.16. The normalized spacial score (nSPS) is 23.7. The number of methoxy groups -OCH3 is 1. The Morgan fingerprint density at radius 2 is 2.33 bits per heavy atom. The molecule has 1 heterocycles. The highest BCUT2D eigenvalue weighted by molar-refractivity contribution is 5.05. The molecule has 102 valence electrons. The Kier molecular flexibility index (Phi) is 5.20. The van der Waals surface area contributed by atoms with E-state index < -0.39 is 0 Å². The summed E-state index contributed by atoms with van der Waals surface area (Å²) in [7, 11) is 1.71. The minimum Gasteiger partial charge on any atom is -0.445 e. The average Bonchev–Trinajstić information content (AvgIpc) is 2.97. The maximum atomic E-state index is 5.86. The number of aromatic nitrogens is 1. The number of hydrogen-bond donors (Lipinski definition) is 1. The number of rotatable bonds is 7. The minimum atomic E-state index is 0.590. The minimum absolute atomic E-state index is 0.590. The zero-order valence-electron chi connectivity index (χ0n) is 11.4. The number of ether oxygens (including phenoxy) is 1. The first-order valence-corrected chi connectivity index (χ1v) is 6.95. The van der Waals surface area contributed by atoms with Gasteiger partial charge in [-0.15, -0.1) is 0 Å². The molecule has 0 amide bonds. The van der Waals surface area contributed by atoms with Gasteiger partial charge in [-0.25, -0.2) is 4.98 Å². The molecule has 1 N–H and O–H groups in total. The van der Waals surface area contributed by atoms with E-state index in [9.17, 15) is 0 Å². The van der Waals surface area contributed by atoms with Crippen LogP contribution >= 0.6 is 0 Å². The van der Waals surface area contributed by atoms with E-state index in [2.05, 4.69) is 17.2 Å². The molecule has 4 heteroatoms. The van der Waals surface area contributed by atoms with Crippen molar-refractivity contribution < 1.29 is 9.15 Å².